The molecule has 3 nitrogen and oxygen atoms in total. The van der Waals surface area contributed by atoms with E-state index in [2.05, 4.69) is 37.4 Å². The van der Waals surface area contributed by atoms with Crippen LogP contribution >= 0.6 is 23.6 Å². The number of amides is 1. The van der Waals surface area contributed by atoms with E-state index in [0.29, 0.717) is 6.54 Å². The van der Waals surface area contributed by atoms with E-state index >= 15 is 0 Å². The Labute approximate surface area is 98.7 Å². The summed E-state index contributed by atoms with van der Waals surface area (Å²) in [6, 6.07) is 2.08. The van der Waals surface area contributed by atoms with Crippen molar-refractivity contribution in [3.05, 3.63) is 21.4 Å². The maximum Gasteiger partial charge on any atom is 0.227 e. The van der Waals surface area contributed by atoms with Gasteiger partial charge in [-0.2, -0.15) is 0 Å². The summed E-state index contributed by atoms with van der Waals surface area (Å²) in [4.78, 5) is 13.9. The molecule has 0 aliphatic carbocycles. The average Bonchev–Trinajstić information content (AvgIpc) is 2.42. The van der Waals surface area contributed by atoms with E-state index in [1.165, 1.54) is 10.4 Å². The molecule has 0 fully saturated rings. The minimum absolute atomic E-state index is 0.119. The summed E-state index contributed by atoms with van der Waals surface area (Å²) in [6.07, 6.45) is 0.124. The molecule has 1 amide bonds. The predicted octanol–water partition coefficient (Wildman–Crippen LogP) is 1.66. The Balaban J connectivity index is 2.43. The van der Waals surface area contributed by atoms with Crippen molar-refractivity contribution in [2.24, 2.45) is 5.73 Å². The van der Waals surface area contributed by atoms with E-state index in [-0.39, 0.29) is 17.3 Å². The van der Waals surface area contributed by atoms with E-state index in [4.69, 9.17) is 5.73 Å². The number of carbonyl (C=O) groups excluding carboxylic acids is 1. The van der Waals surface area contributed by atoms with Gasteiger partial charge in [-0.3, -0.25) is 4.79 Å². The summed E-state index contributed by atoms with van der Waals surface area (Å²) in [5.74, 6) is -0.119. The second-order valence-corrected chi connectivity index (χ2v) is 5.24. The molecule has 0 aromatic carbocycles. The molecule has 0 aliphatic heterocycles. The molecule has 3 N–H and O–H groups in total. The summed E-state index contributed by atoms with van der Waals surface area (Å²) >= 11 is 6.34. The fourth-order valence-corrected chi connectivity index (χ4v) is 2.27. The Morgan fingerprint density at radius 2 is 2.27 bits per heavy atom. The van der Waals surface area contributed by atoms with Crippen molar-refractivity contribution in [3.8, 4) is 0 Å². The Morgan fingerprint density at radius 3 is 2.73 bits per heavy atom. The first-order valence-corrected chi connectivity index (χ1v) is 5.82. The molecule has 15 heavy (non-hydrogen) atoms. The Hall–Kier alpha value is -0.940. The minimum atomic E-state index is -0.119. The van der Waals surface area contributed by atoms with Crippen LogP contribution in [-0.4, -0.2) is 10.9 Å². The number of nitrogens with two attached hydrogens (primary N) is 1. The normalized spacial score (nSPS) is 10.0. The van der Waals surface area contributed by atoms with Crippen molar-refractivity contribution in [2.75, 3.05) is 0 Å². The van der Waals surface area contributed by atoms with Crippen LogP contribution < -0.4 is 11.1 Å². The van der Waals surface area contributed by atoms with Gasteiger partial charge >= 0.3 is 0 Å². The van der Waals surface area contributed by atoms with Gasteiger partial charge in [-0.1, -0.05) is 12.2 Å². The molecule has 1 heterocycles. The average molecular weight is 242 g/mol. The fraction of sp³-hybridized carbons (Fsp3) is 0.400. The van der Waals surface area contributed by atoms with Crippen LogP contribution in [-0.2, 0) is 11.3 Å². The largest absolute Gasteiger partial charge is 0.393 e. The molecule has 1 aromatic heterocycles. The lowest BCUT2D eigenvalue weighted by Crippen LogP contribution is -2.26. The van der Waals surface area contributed by atoms with E-state index in [1.54, 1.807) is 11.3 Å². The van der Waals surface area contributed by atoms with Crippen molar-refractivity contribution >= 4 is 34.5 Å². The zero-order chi connectivity index (χ0) is 11.4. The van der Waals surface area contributed by atoms with E-state index in [0.717, 1.165) is 4.88 Å². The standard InChI is InChI=1S/C10H14N2OS2/c1-6-3-8(15-7(6)2)5-12-10(13)4-9(11)14/h3H,4-5H2,1-2H3,(H2,11,14)(H,12,13). The van der Waals surface area contributed by atoms with Gasteiger partial charge in [-0.15, -0.1) is 11.3 Å². The molecule has 0 unspecified atom stereocenters. The lowest BCUT2D eigenvalue weighted by molar-refractivity contribution is -0.120. The van der Waals surface area contributed by atoms with Gasteiger partial charge in [0.2, 0.25) is 5.91 Å². The minimum Gasteiger partial charge on any atom is -0.393 e. The quantitative estimate of drug-likeness (QED) is 0.790. The van der Waals surface area contributed by atoms with Gasteiger partial charge in [-0.05, 0) is 25.5 Å². The number of hydrogen-bond donors (Lipinski definition) is 2. The van der Waals surface area contributed by atoms with Crippen LogP contribution in [0.1, 0.15) is 21.7 Å². The molecule has 1 rings (SSSR count). The highest BCUT2D eigenvalue weighted by Gasteiger charge is 2.05. The summed E-state index contributed by atoms with van der Waals surface area (Å²) in [5, 5.41) is 2.77. The highest BCUT2D eigenvalue weighted by atomic mass is 32.1. The number of hydrogen-bond acceptors (Lipinski definition) is 3. The molecule has 0 spiro atoms. The number of rotatable bonds is 4. The van der Waals surface area contributed by atoms with Crippen molar-refractivity contribution < 1.29 is 4.79 Å². The third-order valence-corrected chi connectivity index (χ3v) is 3.31. The number of thiocarbonyl (C=S) groups is 1. The van der Waals surface area contributed by atoms with Crippen LogP contribution in [0, 0.1) is 13.8 Å². The van der Waals surface area contributed by atoms with Crippen LogP contribution in [0.15, 0.2) is 6.07 Å². The molecule has 0 radical (unpaired) electrons. The zero-order valence-electron chi connectivity index (χ0n) is 8.79. The third-order valence-electron chi connectivity index (χ3n) is 2.01. The molecule has 5 heteroatoms. The molecule has 0 bridgehead atoms. The summed E-state index contributed by atoms with van der Waals surface area (Å²) in [5.41, 5.74) is 6.53. The van der Waals surface area contributed by atoms with Gasteiger partial charge in [0.1, 0.15) is 0 Å². The van der Waals surface area contributed by atoms with Crippen molar-refractivity contribution in [1.82, 2.24) is 5.32 Å². The maximum absolute atomic E-state index is 11.2. The summed E-state index contributed by atoms with van der Waals surface area (Å²) < 4.78 is 0. The summed E-state index contributed by atoms with van der Waals surface area (Å²) in [6.45, 7) is 4.69. The first-order chi connectivity index (χ1) is 6.99. The van der Waals surface area contributed by atoms with Crippen LogP contribution in [0.4, 0.5) is 0 Å². The van der Waals surface area contributed by atoms with Crippen molar-refractivity contribution in [2.45, 2.75) is 26.8 Å². The molecule has 0 atom stereocenters. The molecule has 0 aliphatic rings. The molecule has 1 aromatic rings. The molecular weight excluding hydrogens is 228 g/mol. The SMILES string of the molecule is Cc1cc(CNC(=O)CC(N)=S)sc1C. The van der Waals surface area contributed by atoms with Gasteiger partial charge in [0, 0.05) is 9.75 Å². The molecule has 0 saturated heterocycles. The van der Waals surface area contributed by atoms with Gasteiger partial charge in [-0.25, -0.2) is 0 Å². The lowest BCUT2D eigenvalue weighted by Gasteiger charge is -2.01. The van der Waals surface area contributed by atoms with Gasteiger partial charge in [0.05, 0.1) is 18.0 Å². The Morgan fingerprint density at radius 1 is 1.60 bits per heavy atom. The topological polar surface area (TPSA) is 55.1 Å². The van der Waals surface area contributed by atoms with Crippen LogP contribution in [0.25, 0.3) is 0 Å². The second-order valence-electron chi connectivity index (χ2n) is 3.37. The number of carbonyl (C=O) groups is 1. The third kappa shape index (κ3) is 3.97. The predicted molar refractivity (Wildman–Crippen MR) is 67.0 cm³/mol. The maximum atomic E-state index is 11.2. The van der Waals surface area contributed by atoms with Crippen LogP contribution in [0.3, 0.4) is 0 Å². The highest BCUT2D eigenvalue weighted by molar-refractivity contribution is 7.80. The van der Waals surface area contributed by atoms with Crippen molar-refractivity contribution in [1.29, 1.82) is 0 Å². The number of thiophene rings is 1. The number of nitrogens with one attached hydrogen (secondary N) is 1. The smallest absolute Gasteiger partial charge is 0.227 e. The first kappa shape index (κ1) is 12.1. The monoisotopic (exact) mass is 242 g/mol. The van der Waals surface area contributed by atoms with E-state index < -0.39 is 0 Å². The molecule has 82 valence electrons. The van der Waals surface area contributed by atoms with Crippen LogP contribution in [0.2, 0.25) is 0 Å². The van der Waals surface area contributed by atoms with Crippen LogP contribution in [0.5, 0.6) is 0 Å². The number of aryl methyl sites for hydroxylation is 2. The second kappa shape index (κ2) is 5.23. The molecular formula is C10H14N2OS2. The Bertz CT molecular complexity index is 365. The Kier molecular flexibility index (Phi) is 4.23. The van der Waals surface area contributed by atoms with Gasteiger partial charge < -0.3 is 11.1 Å². The van der Waals surface area contributed by atoms with E-state index in [1.807, 2.05) is 0 Å². The van der Waals surface area contributed by atoms with Gasteiger partial charge in [0.25, 0.3) is 0 Å². The fourth-order valence-electron chi connectivity index (χ4n) is 1.14. The van der Waals surface area contributed by atoms with Gasteiger partial charge in [0.15, 0.2) is 0 Å². The summed E-state index contributed by atoms with van der Waals surface area (Å²) in [7, 11) is 0. The molecule has 0 saturated carbocycles. The first-order valence-electron chi connectivity index (χ1n) is 4.60. The highest BCUT2D eigenvalue weighted by Crippen LogP contribution is 2.20. The van der Waals surface area contributed by atoms with E-state index in [9.17, 15) is 4.79 Å². The van der Waals surface area contributed by atoms with Crippen molar-refractivity contribution in [3.63, 3.8) is 0 Å². The zero-order valence-corrected chi connectivity index (χ0v) is 10.4. The lowest BCUT2D eigenvalue weighted by atomic mass is 10.3.